The molecule has 0 aliphatic rings. The molecule has 4 nitrogen and oxygen atoms in total. The van der Waals surface area contributed by atoms with Gasteiger partial charge >= 0.3 is 0 Å². The summed E-state index contributed by atoms with van der Waals surface area (Å²) in [6, 6.07) is 3.34. The van der Waals surface area contributed by atoms with Crippen LogP contribution in [0.3, 0.4) is 0 Å². The zero-order valence-corrected chi connectivity index (χ0v) is 9.05. The number of ether oxygens (including phenoxy) is 1. The van der Waals surface area contributed by atoms with E-state index in [9.17, 15) is 12.8 Å². The molecule has 0 aliphatic heterocycles. The Bertz CT molecular complexity index is 445. The van der Waals surface area contributed by atoms with E-state index in [4.69, 9.17) is 10.5 Å². The monoisotopic (exact) mass is 233 g/mol. The summed E-state index contributed by atoms with van der Waals surface area (Å²) in [7, 11) is -3.42. The molecule has 0 aliphatic carbocycles. The molecule has 0 radical (unpaired) electrons. The largest absolute Gasteiger partial charge is 0.492 e. The highest BCUT2D eigenvalue weighted by molar-refractivity contribution is 7.90. The molecule has 1 aromatic carbocycles. The molecule has 0 saturated heterocycles. The number of hydrogen-bond donors (Lipinski definition) is 1. The highest BCUT2D eigenvalue weighted by atomic mass is 32.2. The molecular weight excluding hydrogens is 221 g/mol. The van der Waals surface area contributed by atoms with Crippen LogP contribution in [0.2, 0.25) is 0 Å². The van der Waals surface area contributed by atoms with Crippen LogP contribution in [-0.2, 0) is 9.84 Å². The molecule has 0 atom stereocenters. The molecular formula is C9H12FNO3S. The van der Waals surface area contributed by atoms with Gasteiger partial charge in [-0.15, -0.1) is 0 Å². The summed E-state index contributed by atoms with van der Waals surface area (Å²) in [5.74, 6) is -0.481. The standard InChI is InChI=1S/C9H12FNO3S/c1-15(12,13)9-5-7(10)4-8(6-9)14-3-2-11/h4-6H,2-3,11H2,1H3. The Balaban J connectivity index is 3.06. The van der Waals surface area contributed by atoms with E-state index < -0.39 is 15.7 Å². The van der Waals surface area contributed by atoms with Gasteiger partial charge in [0.2, 0.25) is 0 Å². The van der Waals surface area contributed by atoms with Crippen LogP contribution in [0.1, 0.15) is 0 Å². The van der Waals surface area contributed by atoms with Gasteiger partial charge in [0.1, 0.15) is 18.2 Å². The lowest BCUT2D eigenvalue weighted by atomic mass is 10.3. The van der Waals surface area contributed by atoms with Gasteiger partial charge in [-0.2, -0.15) is 0 Å². The third-order valence-electron chi connectivity index (χ3n) is 1.66. The molecule has 0 amide bonds. The maximum absolute atomic E-state index is 13.0. The van der Waals surface area contributed by atoms with Gasteiger partial charge < -0.3 is 10.5 Å². The van der Waals surface area contributed by atoms with Crippen molar-refractivity contribution in [2.75, 3.05) is 19.4 Å². The van der Waals surface area contributed by atoms with Crippen molar-refractivity contribution in [3.05, 3.63) is 24.0 Å². The molecule has 0 bridgehead atoms. The topological polar surface area (TPSA) is 69.4 Å². The maximum Gasteiger partial charge on any atom is 0.175 e. The van der Waals surface area contributed by atoms with Crippen molar-refractivity contribution in [2.24, 2.45) is 5.73 Å². The van der Waals surface area contributed by atoms with Crippen molar-refractivity contribution < 1.29 is 17.5 Å². The fourth-order valence-electron chi connectivity index (χ4n) is 1.01. The lowest BCUT2D eigenvalue weighted by Crippen LogP contribution is -2.11. The number of sulfone groups is 1. The molecule has 1 rings (SSSR count). The summed E-state index contributed by atoms with van der Waals surface area (Å²) in [5, 5.41) is 0. The molecule has 0 spiro atoms. The first-order valence-electron chi connectivity index (χ1n) is 4.27. The van der Waals surface area contributed by atoms with E-state index in [0.29, 0.717) is 0 Å². The average Bonchev–Trinajstić information content (AvgIpc) is 2.12. The first-order valence-corrected chi connectivity index (χ1v) is 6.16. The summed E-state index contributed by atoms with van der Waals surface area (Å²) in [5.41, 5.74) is 5.20. The molecule has 0 saturated carbocycles. The number of rotatable bonds is 4. The Morgan fingerprint density at radius 2 is 2.07 bits per heavy atom. The zero-order chi connectivity index (χ0) is 11.5. The second kappa shape index (κ2) is 4.59. The van der Waals surface area contributed by atoms with Gasteiger partial charge in [-0.3, -0.25) is 0 Å². The van der Waals surface area contributed by atoms with Crippen LogP contribution in [0.25, 0.3) is 0 Å². The lowest BCUT2D eigenvalue weighted by Gasteiger charge is -2.06. The Kier molecular flexibility index (Phi) is 3.65. The maximum atomic E-state index is 13.0. The van der Waals surface area contributed by atoms with E-state index >= 15 is 0 Å². The minimum Gasteiger partial charge on any atom is -0.492 e. The fourth-order valence-corrected chi connectivity index (χ4v) is 1.67. The second-order valence-electron chi connectivity index (χ2n) is 3.03. The molecule has 6 heteroatoms. The van der Waals surface area contributed by atoms with Crippen LogP contribution < -0.4 is 10.5 Å². The quantitative estimate of drug-likeness (QED) is 0.825. The Hall–Kier alpha value is -1.14. The molecule has 0 aromatic heterocycles. The number of nitrogens with two attached hydrogens (primary N) is 1. The lowest BCUT2D eigenvalue weighted by molar-refractivity contribution is 0.325. The van der Waals surface area contributed by atoms with Gasteiger partial charge in [-0.1, -0.05) is 0 Å². The van der Waals surface area contributed by atoms with E-state index in [2.05, 4.69) is 0 Å². The normalized spacial score (nSPS) is 11.4. The predicted molar refractivity (Wildman–Crippen MR) is 54.1 cm³/mol. The molecule has 0 unspecified atom stereocenters. The SMILES string of the molecule is CS(=O)(=O)c1cc(F)cc(OCCN)c1. The van der Waals surface area contributed by atoms with Crippen LogP contribution in [0.15, 0.2) is 23.1 Å². The second-order valence-corrected chi connectivity index (χ2v) is 5.05. The van der Waals surface area contributed by atoms with Gasteiger partial charge in [0, 0.05) is 18.9 Å². The van der Waals surface area contributed by atoms with Crippen LogP contribution in [0, 0.1) is 5.82 Å². The summed E-state index contributed by atoms with van der Waals surface area (Å²) >= 11 is 0. The zero-order valence-electron chi connectivity index (χ0n) is 8.23. The highest BCUT2D eigenvalue weighted by Gasteiger charge is 2.10. The van der Waals surface area contributed by atoms with Crippen LogP contribution >= 0.6 is 0 Å². The van der Waals surface area contributed by atoms with Crippen molar-refractivity contribution in [3.8, 4) is 5.75 Å². The molecule has 84 valence electrons. The summed E-state index contributed by atoms with van der Waals surface area (Å²) < 4.78 is 40.4. The number of hydrogen-bond acceptors (Lipinski definition) is 4. The van der Waals surface area contributed by atoms with Crippen molar-refractivity contribution >= 4 is 9.84 Å². The number of benzene rings is 1. The van der Waals surface area contributed by atoms with Gasteiger partial charge in [0.25, 0.3) is 0 Å². The summed E-state index contributed by atoms with van der Waals surface area (Å²) in [6.45, 7) is 0.497. The van der Waals surface area contributed by atoms with Gasteiger partial charge in [0.05, 0.1) is 4.90 Å². The predicted octanol–water partition coefficient (Wildman–Crippen LogP) is 0.567. The van der Waals surface area contributed by atoms with Crippen LogP contribution in [0.5, 0.6) is 5.75 Å². The Morgan fingerprint density at radius 3 is 2.60 bits per heavy atom. The van der Waals surface area contributed by atoms with E-state index in [-0.39, 0.29) is 23.8 Å². The van der Waals surface area contributed by atoms with Crippen molar-refractivity contribution in [2.45, 2.75) is 4.90 Å². The van der Waals surface area contributed by atoms with Crippen molar-refractivity contribution in [1.29, 1.82) is 0 Å². The molecule has 0 heterocycles. The Labute approximate surface area is 87.8 Å². The Morgan fingerprint density at radius 1 is 1.40 bits per heavy atom. The van der Waals surface area contributed by atoms with Gasteiger partial charge in [-0.05, 0) is 12.1 Å². The van der Waals surface area contributed by atoms with Crippen LogP contribution in [0.4, 0.5) is 4.39 Å². The first-order chi connectivity index (χ1) is 6.93. The van der Waals surface area contributed by atoms with Gasteiger partial charge in [-0.25, -0.2) is 12.8 Å². The van der Waals surface area contributed by atoms with E-state index in [1.807, 2.05) is 0 Å². The first kappa shape index (κ1) is 11.9. The van der Waals surface area contributed by atoms with Crippen LogP contribution in [-0.4, -0.2) is 27.8 Å². The fraction of sp³-hybridized carbons (Fsp3) is 0.333. The smallest absolute Gasteiger partial charge is 0.175 e. The minimum absolute atomic E-state index is 0.102. The highest BCUT2D eigenvalue weighted by Crippen LogP contribution is 2.19. The average molecular weight is 233 g/mol. The third kappa shape index (κ3) is 3.49. The van der Waals surface area contributed by atoms with Gasteiger partial charge in [0.15, 0.2) is 9.84 Å². The summed E-state index contributed by atoms with van der Waals surface area (Å²) in [6.07, 6.45) is 1.01. The van der Waals surface area contributed by atoms with E-state index in [1.165, 1.54) is 6.07 Å². The van der Waals surface area contributed by atoms with Crippen molar-refractivity contribution in [1.82, 2.24) is 0 Å². The minimum atomic E-state index is -3.42. The van der Waals surface area contributed by atoms with Crippen molar-refractivity contribution in [3.63, 3.8) is 0 Å². The molecule has 0 fully saturated rings. The van der Waals surface area contributed by atoms with E-state index in [1.54, 1.807) is 0 Å². The van der Waals surface area contributed by atoms with E-state index in [0.717, 1.165) is 18.4 Å². The number of halogens is 1. The summed E-state index contributed by atoms with van der Waals surface area (Å²) in [4.78, 5) is -0.102. The molecule has 1 aromatic rings. The molecule has 15 heavy (non-hydrogen) atoms. The third-order valence-corrected chi connectivity index (χ3v) is 2.75. The molecule has 2 N–H and O–H groups in total.